The van der Waals surface area contributed by atoms with E-state index in [9.17, 15) is 0 Å². The van der Waals surface area contributed by atoms with Crippen LogP contribution in [0.1, 0.15) is 11.3 Å². The van der Waals surface area contributed by atoms with Crippen molar-refractivity contribution in [1.29, 1.82) is 0 Å². The number of thioether (sulfide) groups is 1. The van der Waals surface area contributed by atoms with Gasteiger partial charge in [0.25, 0.3) is 0 Å². The number of hydrogen-bond acceptors (Lipinski definition) is 4. The van der Waals surface area contributed by atoms with Crippen LogP contribution in [0.4, 0.5) is 0 Å². The van der Waals surface area contributed by atoms with Crippen molar-refractivity contribution in [2.75, 3.05) is 5.75 Å². The van der Waals surface area contributed by atoms with Crippen molar-refractivity contribution in [2.45, 2.75) is 24.3 Å². The maximum Gasteiger partial charge on any atom is 0.105 e. The second kappa shape index (κ2) is 6.64. The summed E-state index contributed by atoms with van der Waals surface area (Å²) in [6.07, 6.45) is 2.50. The van der Waals surface area contributed by atoms with Crippen LogP contribution < -0.4 is 11.3 Å². The van der Waals surface area contributed by atoms with Crippen molar-refractivity contribution in [1.82, 2.24) is 5.43 Å². The van der Waals surface area contributed by atoms with Crippen LogP contribution in [-0.2, 0) is 6.42 Å². The van der Waals surface area contributed by atoms with Crippen LogP contribution in [0.25, 0.3) is 0 Å². The molecule has 1 heterocycles. The van der Waals surface area contributed by atoms with Crippen molar-refractivity contribution < 1.29 is 4.42 Å². The fourth-order valence-electron chi connectivity index (χ4n) is 1.74. The summed E-state index contributed by atoms with van der Waals surface area (Å²) in [7, 11) is 0. The number of hydrogen-bond donors (Lipinski definition) is 2. The number of rotatable bonds is 6. The lowest BCUT2D eigenvalue weighted by molar-refractivity contribution is 0.465. The van der Waals surface area contributed by atoms with E-state index in [-0.39, 0.29) is 6.04 Å². The Hall–Kier alpha value is -1.23. The molecule has 1 aromatic carbocycles. The van der Waals surface area contributed by atoms with Crippen LogP contribution in [0.3, 0.4) is 0 Å². The van der Waals surface area contributed by atoms with Gasteiger partial charge in [0.1, 0.15) is 5.76 Å². The van der Waals surface area contributed by atoms with Crippen LogP contribution in [-0.4, -0.2) is 11.8 Å². The Kier molecular flexibility index (Phi) is 4.87. The smallest absolute Gasteiger partial charge is 0.105 e. The van der Waals surface area contributed by atoms with Crippen LogP contribution >= 0.6 is 11.8 Å². The van der Waals surface area contributed by atoms with E-state index in [0.717, 1.165) is 17.9 Å². The zero-order chi connectivity index (χ0) is 12.8. The predicted molar refractivity (Wildman–Crippen MR) is 75.4 cm³/mol. The summed E-state index contributed by atoms with van der Waals surface area (Å²) in [6, 6.07) is 12.6. The molecule has 2 rings (SSSR count). The first-order valence-corrected chi connectivity index (χ1v) is 6.94. The summed E-state index contributed by atoms with van der Waals surface area (Å²) in [5, 5.41) is 0. The average molecular weight is 262 g/mol. The summed E-state index contributed by atoms with van der Waals surface area (Å²) in [5.41, 5.74) is 4.13. The van der Waals surface area contributed by atoms with Gasteiger partial charge in [-0.25, -0.2) is 0 Å². The summed E-state index contributed by atoms with van der Waals surface area (Å²) < 4.78 is 5.33. The van der Waals surface area contributed by atoms with Crippen molar-refractivity contribution in [3.05, 3.63) is 54.0 Å². The minimum atomic E-state index is 0.210. The highest BCUT2D eigenvalue weighted by Crippen LogP contribution is 2.20. The average Bonchev–Trinajstić information content (AvgIpc) is 2.87. The molecule has 0 saturated heterocycles. The van der Waals surface area contributed by atoms with Gasteiger partial charge in [-0.05, 0) is 31.2 Å². The Bertz CT molecular complexity index is 470. The van der Waals surface area contributed by atoms with E-state index >= 15 is 0 Å². The van der Waals surface area contributed by atoms with Crippen molar-refractivity contribution in [3.8, 4) is 0 Å². The number of benzene rings is 1. The summed E-state index contributed by atoms with van der Waals surface area (Å²) in [6.45, 7) is 2.10. The van der Waals surface area contributed by atoms with Crippen molar-refractivity contribution in [3.63, 3.8) is 0 Å². The Morgan fingerprint density at radius 2 is 2.22 bits per heavy atom. The van der Waals surface area contributed by atoms with Crippen LogP contribution in [0.5, 0.6) is 0 Å². The molecule has 0 spiro atoms. The highest BCUT2D eigenvalue weighted by molar-refractivity contribution is 7.99. The Balaban J connectivity index is 1.87. The lowest BCUT2D eigenvalue weighted by Gasteiger charge is -2.14. The van der Waals surface area contributed by atoms with Crippen molar-refractivity contribution in [2.24, 2.45) is 5.84 Å². The third kappa shape index (κ3) is 3.91. The third-order valence-corrected chi connectivity index (χ3v) is 3.86. The Morgan fingerprint density at radius 1 is 1.33 bits per heavy atom. The van der Waals surface area contributed by atoms with E-state index in [1.807, 2.05) is 12.1 Å². The first-order valence-electron chi connectivity index (χ1n) is 5.96. The minimum absolute atomic E-state index is 0.210. The van der Waals surface area contributed by atoms with Gasteiger partial charge in [-0.1, -0.05) is 17.7 Å². The molecule has 0 aliphatic rings. The van der Waals surface area contributed by atoms with Gasteiger partial charge in [0, 0.05) is 23.1 Å². The van der Waals surface area contributed by atoms with E-state index < -0.39 is 0 Å². The van der Waals surface area contributed by atoms with E-state index in [1.54, 1.807) is 18.0 Å². The van der Waals surface area contributed by atoms with Crippen LogP contribution in [0.2, 0.25) is 0 Å². The van der Waals surface area contributed by atoms with Gasteiger partial charge in [0.2, 0.25) is 0 Å². The second-order valence-corrected chi connectivity index (χ2v) is 5.37. The molecule has 0 bridgehead atoms. The largest absolute Gasteiger partial charge is 0.469 e. The number of nitrogens with one attached hydrogen (secondary N) is 1. The Labute approximate surface area is 112 Å². The summed E-state index contributed by atoms with van der Waals surface area (Å²) in [4.78, 5) is 1.27. The molecule has 18 heavy (non-hydrogen) atoms. The molecule has 2 aromatic rings. The number of furan rings is 1. The van der Waals surface area contributed by atoms with Crippen LogP contribution in [0, 0.1) is 6.92 Å². The van der Waals surface area contributed by atoms with Gasteiger partial charge in [-0.2, -0.15) is 0 Å². The molecular weight excluding hydrogens is 244 g/mol. The quantitative estimate of drug-likeness (QED) is 0.477. The van der Waals surface area contributed by atoms with E-state index in [0.29, 0.717) is 0 Å². The molecule has 0 radical (unpaired) electrons. The standard InChI is InChI=1S/C14H18N2OS/c1-11-4-2-6-14(8-11)18-10-12(16-15)9-13-5-3-7-17-13/h2-8,12,16H,9-10,15H2,1H3. The number of aryl methyl sites for hydroxylation is 1. The van der Waals surface area contributed by atoms with Gasteiger partial charge >= 0.3 is 0 Å². The number of hydrazine groups is 1. The molecule has 1 unspecified atom stereocenters. The molecule has 0 fully saturated rings. The number of nitrogens with two attached hydrogens (primary N) is 1. The fourth-order valence-corrected chi connectivity index (χ4v) is 2.79. The molecule has 0 aliphatic heterocycles. The first kappa shape index (κ1) is 13.2. The topological polar surface area (TPSA) is 51.2 Å². The maximum absolute atomic E-state index is 5.58. The van der Waals surface area contributed by atoms with Gasteiger partial charge < -0.3 is 4.42 Å². The van der Waals surface area contributed by atoms with Crippen molar-refractivity contribution >= 4 is 11.8 Å². The minimum Gasteiger partial charge on any atom is -0.469 e. The molecule has 0 aliphatic carbocycles. The summed E-state index contributed by atoms with van der Waals surface area (Å²) in [5.74, 6) is 7.46. The third-order valence-electron chi connectivity index (χ3n) is 2.70. The van der Waals surface area contributed by atoms with E-state index in [4.69, 9.17) is 10.3 Å². The molecule has 0 amide bonds. The lowest BCUT2D eigenvalue weighted by Crippen LogP contribution is -2.38. The first-order chi connectivity index (χ1) is 8.78. The highest BCUT2D eigenvalue weighted by atomic mass is 32.2. The normalized spacial score (nSPS) is 12.6. The molecule has 3 nitrogen and oxygen atoms in total. The monoisotopic (exact) mass is 262 g/mol. The van der Waals surface area contributed by atoms with E-state index in [2.05, 4.69) is 36.6 Å². The molecule has 3 N–H and O–H groups in total. The second-order valence-electron chi connectivity index (χ2n) is 4.27. The summed E-state index contributed by atoms with van der Waals surface area (Å²) >= 11 is 1.80. The van der Waals surface area contributed by atoms with Gasteiger partial charge in [-0.3, -0.25) is 11.3 Å². The van der Waals surface area contributed by atoms with Crippen LogP contribution in [0.15, 0.2) is 52.0 Å². The predicted octanol–water partition coefficient (Wildman–Crippen LogP) is 2.75. The molecule has 96 valence electrons. The van der Waals surface area contributed by atoms with E-state index in [1.165, 1.54) is 10.5 Å². The van der Waals surface area contributed by atoms with Gasteiger partial charge in [-0.15, -0.1) is 11.8 Å². The zero-order valence-electron chi connectivity index (χ0n) is 10.4. The SMILES string of the molecule is Cc1cccc(SCC(Cc2ccco2)NN)c1. The molecule has 1 aromatic heterocycles. The molecule has 0 saturated carbocycles. The molecular formula is C14H18N2OS. The molecule has 4 heteroatoms. The Morgan fingerprint density at radius 3 is 2.89 bits per heavy atom. The van der Waals surface area contributed by atoms with Gasteiger partial charge in [0.15, 0.2) is 0 Å². The fraction of sp³-hybridized carbons (Fsp3) is 0.286. The lowest BCUT2D eigenvalue weighted by atomic mass is 10.2. The zero-order valence-corrected chi connectivity index (χ0v) is 11.2. The molecule has 1 atom stereocenters. The van der Waals surface area contributed by atoms with Gasteiger partial charge in [0.05, 0.1) is 6.26 Å². The maximum atomic E-state index is 5.58. The highest BCUT2D eigenvalue weighted by Gasteiger charge is 2.10.